The third kappa shape index (κ3) is 34.2. The fraction of sp³-hybridized carbons (Fsp3) is 0.561. The number of rotatable bonds is 26. The Hall–Kier alpha value is -4.17. The van der Waals surface area contributed by atoms with Gasteiger partial charge in [-0.05, 0) is 83.4 Å². The van der Waals surface area contributed by atoms with Crippen LogP contribution in [-0.2, 0) is 24.0 Å². The van der Waals surface area contributed by atoms with E-state index in [2.05, 4.69) is 71.1 Å². The fourth-order valence-electron chi connectivity index (χ4n) is 6.66. The van der Waals surface area contributed by atoms with Crippen molar-refractivity contribution in [2.45, 2.75) is 144 Å². The van der Waals surface area contributed by atoms with E-state index in [9.17, 15) is 20.1 Å². The Balaban J connectivity index is -0.000000893. The standard InChI is InChI=1S/C20H32N2O3.C16H26N2O.C15H24N2O.3C2H6/c1-6-13-22(7-2)15-18(23)17(14-16-11-9-8-10-12-16)21-19(24)25-20(3,4)5;1-4-11-18(5-2)13-16(19)15(17-3)12-14-9-7-6-8-10-14;1-3-10-17(4-2)12-15(18)14(16)11-13-8-6-5-7-9-13;3*1-2/h6,8-12,17-18,23H,1,7,13-15H2,2-5H3,(H,21,24);4,6-10,15-17,19H,1,5,11-13H2,2-3H3;3,5-9,14-15,18H,1,4,10-12,16H2,2H3;3*1-2H3/t17-,18+;15-,16+;14-,15+;;;/m000.../s1. The zero-order valence-electron chi connectivity index (χ0n) is 45.0. The second kappa shape index (κ2) is 44.1. The lowest BCUT2D eigenvalue weighted by Gasteiger charge is -2.30. The summed E-state index contributed by atoms with van der Waals surface area (Å²) in [6, 6.07) is 29.5. The minimum atomic E-state index is -0.715. The molecule has 3 aromatic rings. The first-order valence-corrected chi connectivity index (χ1v) is 25.2. The van der Waals surface area contributed by atoms with E-state index in [1.165, 1.54) is 5.56 Å². The molecule has 0 spiro atoms. The van der Waals surface area contributed by atoms with Crippen molar-refractivity contribution in [1.82, 2.24) is 25.3 Å². The van der Waals surface area contributed by atoms with Gasteiger partial charge in [0.2, 0.25) is 0 Å². The van der Waals surface area contributed by atoms with E-state index in [1.807, 2.05) is 173 Å². The molecule has 11 nitrogen and oxygen atoms in total. The molecule has 68 heavy (non-hydrogen) atoms. The molecular formula is C57H100N6O5. The molecule has 11 heteroatoms. The smallest absolute Gasteiger partial charge is 0.407 e. The van der Waals surface area contributed by atoms with Gasteiger partial charge < -0.3 is 36.4 Å². The first kappa shape index (κ1) is 68.1. The summed E-state index contributed by atoms with van der Waals surface area (Å²) in [6.45, 7) is 41.5. The molecule has 3 aromatic carbocycles. The van der Waals surface area contributed by atoms with Gasteiger partial charge in [-0.3, -0.25) is 14.7 Å². The van der Waals surface area contributed by atoms with Crippen LogP contribution in [0.25, 0.3) is 0 Å². The van der Waals surface area contributed by atoms with Crippen molar-refractivity contribution < 1.29 is 24.9 Å². The maximum atomic E-state index is 12.2. The second-order valence-corrected chi connectivity index (χ2v) is 16.5. The van der Waals surface area contributed by atoms with Crippen LogP contribution in [0, 0.1) is 0 Å². The molecule has 0 saturated heterocycles. The monoisotopic (exact) mass is 949 g/mol. The number of alkyl carbamates (subject to hydrolysis) is 1. The predicted molar refractivity (Wildman–Crippen MR) is 293 cm³/mol. The number of aliphatic hydroxyl groups is 3. The van der Waals surface area contributed by atoms with E-state index in [4.69, 9.17) is 10.5 Å². The zero-order chi connectivity index (χ0) is 52.3. The van der Waals surface area contributed by atoms with Gasteiger partial charge in [-0.25, -0.2) is 4.79 Å². The van der Waals surface area contributed by atoms with Crippen LogP contribution in [0.4, 0.5) is 4.79 Å². The molecule has 3 rings (SSSR count). The minimum Gasteiger partial charge on any atom is -0.444 e. The number of ether oxygens (including phenoxy) is 1. The number of nitrogens with one attached hydrogen (secondary N) is 2. The number of carbonyl (C=O) groups is 1. The van der Waals surface area contributed by atoms with Crippen LogP contribution < -0.4 is 16.4 Å². The van der Waals surface area contributed by atoms with E-state index in [-0.39, 0.29) is 18.2 Å². The molecule has 0 heterocycles. The van der Waals surface area contributed by atoms with Gasteiger partial charge in [-0.2, -0.15) is 0 Å². The number of benzene rings is 3. The third-order valence-corrected chi connectivity index (χ3v) is 10.2. The molecule has 0 aromatic heterocycles. The van der Waals surface area contributed by atoms with Crippen molar-refractivity contribution in [3.63, 3.8) is 0 Å². The number of amides is 1. The third-order valence-electron chi connectivity index (χ3n) is 10.2. The van der Waals surface area contributed by atoms with Gasteiger partial charge >= 0.3 is 6.09 Å². The normalized spacial score (nSPS) is 13.2. The fourth-order valence-corrected chi connectivity index (χ4v) is 6.66. The number of carbonyl (C=O) groups excluding carboxylic acids is 1. The summed E-state index contributed by atoms with van der Waals surface area (Å²) < 4.78 is 5.34. The number of nitrogens with zero attached hydrogens (tertiary/aromatic N) is 3. The summed E-state index contributed by atoms with van der Waals surface area (Å²) in [6.07, 6.45) is 5.48. The van der Waals surface area contributed by atoms with Crippen LogP contribution in [0.3, 0.4) is 0 Å². The Morgan fingerprint density at radius 2 is 0.897 bits per heavy atom. The second-order valence-electron chi connectivity index (χ2n) is 16.5. The summed E-state index contributed by atoms with van der Waals surface area (Å²) in [7, 11) is 1.90. The Bertz CT molecular complexity index is 1590. The van der Waals surface area contributed by atoms with E-state index >= 15 is 0 Å². The Kier molecular flexibility index (Phi) is 44.1. The maximum absolute atomic E-state index is 12.2. The molecule has 0 fully saturated rings. The van der Waals surface area contributed by atoms with Gasteiger partial charge in [-0.15, -0.1) is 19.7 Å². The van der Waals surface area contributed by atoms with Crippen molar-refractivity contribution in [3.8, 4) is 0 Å². The summed E-state index contributed by atoms with van der Waals surface area (Å²) in [5.74, 6) is 0. The van der Waals surface area contributed by atoms with E-state index in [0.717, 1.165) is 50.3 Å². The minimum absolute atomic E-state index is 0.0706. The SMILES string of the molecule is C=CCN(CC)C[C@@H](O)[C@@H](N)Cc1ccccc1.C=CCN(CC)C[C@@H](O)[C@H](Cc1ccccc1)NC.C=CCN(CC)C[C@@H](O)[C@H](Cc1ccccc1)NC(=O)OC(C)(C)C.CC.CC.CC. The van der Waals surface area contributed by atoms with Crippen molar-refractivity contribution in [1.29, 1.82) is 0 Å². The lowest BCUT2D eigenvalue weighted by Crippen LogP contribution is -2.50. The van der Waals surface area contributed by atoms with E-state index in [0.29, 0.717) is 39.0 Å². The van der Waals surface area contributed by atoms with Gasteiger partial charge in [0, 0.05) is 51.4 Å². The molecule has 388 valence electrons. The molecule has 0 unspecified atom stereocenters. The Morgan fingerprint density at radius 1 is 0.588 bits per heavy atom. The molecule has 0 bridgehead atoms. The highest BCUT2D eigenvalue weighted by atomic mass is 16.6. The molecule has 0 aliphatic carbocycles. The predicted octanol–water partition coefficient (Wildman–Crippen LogP) is 9.18. The van der Waals surface area contributed by atoms with Crippen molar-refractivity contribution in [2.75, 3.05) is 66.0 Å². The highest BCUT2D eigenvalue weighted by molar-refractivity contribution is 5.68. The number of nitrogens with two attached hydrogens (primary N) is 1. The van der Waals surface area contributed by atoms with E-state index < -0.39 is 29.9 Å². The quantitative estimate of drug-likeness (QED) is 0.0431. The maximum Gasteiger partial charge on any atom is 0.407 e. The molecule has 7 N–H and O–H groups in total. The first-order chi connectivity index (χ1) is 32.6. The molecule has 1 amide bonds. The van der Waals surface area contributed by atoms with Crippen LogP contribution in [0.15, 0.2) is 129 Å². The Morgan fingerprint density at radius 3 is 1.21 bits per heavy atom. The first-order valence-electron chi connectivity index (χ1n) is 25.2. The lowest BCUT2D eigenvalue weighted by molar-refractivity contribution is 0.0375. The highest BCUT2D eigenvalue weighted by Gasteiger charge is 2.26. The highest BCUT2D eigenvalue weighted by Crippen LogP contribution is 2.12. The van der Waals surface area contributed by atoms with Gasteiger partial charge in [0.05, 0.1) is 24.4 Å². The largest absolute Gasteiger partial charge is 0.444 e. The summed E-state index contributed by atoms with van der Waals surface area (Å²) in [5, 5.41) is 37.2. The van der Waals surface area contributed by atoms with Crippen LogP contribution in [0.2, 0.25) is 0 Å². The summed E-state index contributed by atoms with van der Waals surface area (Å²) in [4.78, 5) is 18.6. The van der Waals surface area contributed by atoms with Gasteiger partial charge in [0.25, 0.3) is 0 Å². The number of hydrogen-bond donors (Lipinski definition) is 6. The van der Waals surface area contributed by atoms with Crippen LogP contribution >= 0.6 is 0 Å². The number of aliphatic hydroxyl groups excluding tert-OH is 3. The Labute approximate surface area is 416 Å². The van der Waals surface area contributed by atoms with Crippen molar-refractivity contribution in [2.24, 2.45) is 5.73 Å². The average molecular weight is 949 g/mol. The molecular weight excluding hydrogens is 849 g/mol. The van der Waals surface area contributed by atoms with Crippen LogP contribution in [0.1, 0.15) is 99.8 Å². The van der Waals surface area contributed by atoms with Crippen LogP contribution in [-0.4, -0.2) is 144 Å². The molecule has 6 atom stereocenters. The average Bonchev–Trinajstić information content (AvgIpc) is 3.35. The number of hydrogen-bond acceptors (Lipinski definition) is 10. The van der Waals surface area contributed by atoms with Crippen molar-refractivity contribution in [3.05, 3.63) is 146 Å². The zero-order valence-corrected chi connectivity index (χ0v) is 45.0. The molecule has 0 saturated carbocycles. The molecule has 0 aliphatic rings. The van der Waals surface area contributed by atoms with Gasteiger partial charge in [0.15, 0.2) is 0 Å². The summed E-state index contributed by atoms with van der Waals surface area (Å²) in [5.41, 5.74) is 8.92. The lowest BCUT2D eigenvalue weighted by atomic mass is 10.0. The van der Waals surface area contributed by atoms with Gasteiger partial charge in [-0.1, -0.05) is 172 Å². The molecule has 0 aliphatic heterocycles. The number of likely N-dealkylation sites (N-methyl/N-ethyl adjacent to an activating group) is 4. The van der Waals surface area contributed by atoms with Gasteiger partial charge in [0.1, 0.15) is 5.60 Å². The van der Waals surface area contributed by atoms with Crippen molar-refractivity contribution >= 4 is 6.09 Å². The topological polar surface area (TPSA) is 147 Å². The van der Waals surface area contributed by atoms with Crippen LogP contribution in [0.5, 0.6) is 0 Å². The molecule has 0 radical (unpaired) electrons. The summed E-state index contributed by atoms with van der Waals surface area (Å²) >= 11 is 0. The van der Waals surface area contributed by atoms with E-state index in [1.54, 1.807) is 0 Å².